The molecule has 3 nitrogen and oxygen atoms in total. The van der Waals surface area contributed by atoms with Crippen molar-refractivity contribution in [3.63, 3.8) is 0 Å². The first kappa shape index (κ1) is 16.3. The smallest absolute Gasteiger partial charge is 0.224 e. The summed E-state index contributed by atoms with van der Waals surface area (Å²) >= 11 is 1.65. The van der Waals surface area contributed by atoms with Crippen LogP contribution in [0.5, 0.6) is 0 Å². The van der Waals surface area contributed by atoms with Crippen LogP contribution in [-0.2, 0) is 4.79 Å². The molecule has 0 aliphatic carbocycles. The highest BCUT2D eigenvalue weighted by atomic mass is 32.2. The van der Waals surface area contributed by atoms with Gasteiger partial charge in [-0.3, -0.25) is 4.79 Å². The van der Waals surface area contributed by atoms with Gasteiger partial charge in [-0.05, 0) is 11.8 Å². The third-order valence-corrected chi connectivity index (χ3v) is 3.11. The average molecular weight is 256 g/mol. The quantitative estimate of drug-likeness (QED) is 0.536. The summed E-state index contributed by atoms with van der Waals surface area (Å²) in [5.41, 5.74) is 5.76. The zero-order valence-electron chi connectivity index (χ0n) is 11.1. The van der Waals surface area contributed by atoms with Crippen molar-refractivity contribution in [1.29, 1.82) is 0 Å². The number of hydrogen-bond donors (Lipinski definition) is 2. The van der Waals surface area contributed by atoms with E-state index in [0.29, 0.717) is 18.8 Å². The molecule has 0 saturated heterocycles. The molecule has 0 aromatic heterocycles. The Morgan fingerprint density at radius 3 is 2.65 bits per heavy atom. The van der Waals surface area contributed by atoms with Gasteiger partial charge in [-0.25, -0.2) is 0 Å². The molecule has 1 amide bonds. The average Bonchev–Trinajstić information content (AvgIpc) is 2.24. The Labute approximate surface area is 109 Å². The van der Waals surface area contributed by atoms with Crippen LogP contribution in [0.4, 0.5) is 0 Å². The second-order valence-electron chi connectivity index (χ2n) is 5.25. The van der Waals surface area contributed by atoms with E-state index in [1.165, 1.54) is 0 Å². The SMILES string of the molecule is C#CCSCCNC(=O)C(CN)CC(C)(C)C. The number of nitrogens with one attached hydrogen (secondary N) is 1. The van der Waals surface area contributed by atoms with Gasteiger partial charge in [0.2, 0.25) is 5.91 Å². The first-order chi connectivity index (χ1) is 7.90. The number of hydrogen-bond acceptors (Lipinski definition) is 3. The van der Waals surface area contributed by atoms with Gasteiger partial charge in [0, 0.05) is 18.8 Å². The summed E-state index contributed by atoms with van der Waals surface area (Å²) in [4.78, 5) is 11.8. The summed E-state index contributed by atoms with van der Waals surface area (Å²) < 4.78 is 0. The molecule has 0 heterocycles. The van der Waals surface area contributed by atoms with Crippen molar-refractivity contribution in [3.05, 3.63) is 0 Å². The summed E-state index contributed by atoms with van der Waals surface area (Å²) in [6.45, 7) is 7.41. The number of rotatable bonds is 7. The molecule has 0 aliphatic rings. The van der Waals surface area contributed by atoms with Crippen LogP contribution in [0.25, 0.3) is 0 Å². The van der Waals surface area contributed by atoms with Gasteiger partial charge in [-0.1, -0.05) is 26.7 Å². The van der Waals surface area contributed by atoms with Crippen molar-refractivity contribution in [1.82, 2.24) is 5.32 Å². The van der Waals surface area contributed by atoms with Gasteiger partial charge < -0.3 is 11.1 Å². The highest BCUT2D eigenvalue weighted by Crippen LogP contribution is 2.23. The maximum absolute atomic E-state index is 11.8. The summed E-state index contributed by atoms with van der Waals surface area (Å²) in [6, 6.07) is 0. The minimum Gasteiger partial charge on any atom is -0.355 e. The van der Waals surface area contributed by atoms with Gasteiger partial charge in [0.05, 0.1) is 11.7 Å². The van der Waals surface area contributed by atoms with E-state index in [4.69, 9.17) is 12.2 Å². The maximum atomic E-state index is 11.8. The van der Waals surface area contributed by atoms with Crippen LogP contribution in [0, 0.1) is 23.7 Å². The molecule has 17 heavy (non-hydrogen) atoms. The van der Waals surface area contributed by atoms with Crippen molar-refractivity contribution in [3.8, 4) is 12.3 Å². The Bertz CT molecular complexity index is 266. The van der Waals surface area contributed by atoms with Gasteiger partial charge >= 0.3 is 0 Å². The van der Waals surface area contributed by atoms with Crippen molar-refractivity contribution >= 4 is 17.7 Å². The van der Waals surface area contributed by atoms with Crippen molar-refractivity contribution in [2.45, 2.75) is 27.2 Å². The molecule has 0 aliphatic heterocycles. The molecule has 0 rings (SSSR count). The summed E-state index contributed by atoms with van der Waals surface area (Å²) in [6.07, 6.45) is 5.95. The van der Waals surface area contributed by atoms with Gasteiger partial charge in [0.15, 0.2) is 0 Å². The zero-order valence-corrected chi connectivity index (χ0v) is 11.9. The molecule has 3 N–H and O–H groups in total. The zero-order chi connectivity index (χ0) is 13.3. The van der Waals surface area contributed by atoms with E-state index < -0.39 is 0 Å². The van der Waals surface area contributed by atoms with E-state index in [1.54, 1.807) is 11.8 Å². The predicted molar refractivity (Wildman–Crippen MR) is 75.8 cm³/mol. The minimum atomic E-state index is -0.0902. The lowest BCUT2D eigenvalue weighted by Crippen LogP contribution is -2.38. The van der Waals surface area contributed by atoms with E-state index in [0.717, 1.165) is 12.2 Å². The van der Waals surface area contributed by atoms with Gasteiger partial charge in [-0.15, -0.1) is 18.2 Å². The third-order valence-electron chi connectivity index (χ3n) is 2.25. The topological polar surface area (TPSA) is 55.1 Å². The molecule has 0 saturated carbocycles. The van der Waals surface area contributed by atoms with Crippen LogP contribution in [0.2, 0.25) is 0 Å². The van der Waals surface area contributed by atoms with Crippen LogP contribution in [-0.4, -0.2) is 30.5 Å². The lowest BCUT2D eigenvalue weighted by atomic mass is 9.84. The number of amides is 1. The summed E-state index contributed by atoms with van der Waals surface area (Å²) in [7, 11) is 0. The second kappa shape index (κ2) is 8.43. The van der Waals surface area contributed by atoms with Crippen LogP contribution >= 0.6 is 11.8 Å². The third kappa shape index (κ3) is 9.08. The predicted octanol–water partition coefficient (Wildman–Crippen LogP) is 1.48. The Morgan fingerprint density at radius 2 is 2.18 bits per heavy atom. The van der Waals surface area contributed by atoms with E-state index in [9.17, 15) is 4.79 Å². The standard InChI is InChI=1S/C13H24N2OS/c1-5-7-17-8-6-15-12(16)11(10-14)9-13(2,3)4/h1,11H,6-10,14H2,2-4H3,(H,15,16). The normalized spacial score (nSPS) is 12.9. The van der Waals surface area contributed by atoms with Crippen molar-refractivity contribution < 1.29 is 4.79 Å². The van der Waals surface area contributed by atoms with Gasteiger partial charge in [0.25, 0.3) is 0 Å². The minimum absolute atomic E-state index is 0.0590. The van der Waals surface area contributed by atoms with E-state index in [-0.39, 0.29) is 17.2 Å². The molecule has 0 aromatic carbocycles. The number of carbonyl (C=O) groups excluding carboxylic acids is 1. The highest BCUT2D eigenvalue weighted by Gasteiger charge is 2.23. The largest absolute Gasteiger partial charge is 0.355 e. The van der Waals surface area contributed by atoms with Crippen LogP contribution < -0.4 is 11.1 Å². The van der Waals surface area contributed by atoms with E-state index in [1.807, 2.05) is 0 Å². The summed E-state index contributed by atoms with van der Waals surface area (Å²) in [5.74, 6) is 4.06. The number of carbonyl (C=O) groups is 1. The van der Waals surface area contributed by atoms with E-state index >= 15 is 0 Å². The second-order valence-corrected chi connectivity index (χ2v) is 6.35. The Morgan fingerprint density at radius 1 is 1.53 bits per heavy atom. The molecular formula is C13H24N2OS. The van der Waals surface area contributed by atoms with E-state index in [2.05, 4.69) is 32.0 Å². The number of thioether (sulfide) groups is 1. The maximum Gasteiger partial charge on any atom is 0.224 e. The molecule has 1 unspecified atom stereocenters. The Hall–Kier alpha value is -0.660. The first-order valence-corrected chi connectivity index (χ1v) is 7.05. The summed E-state index contributed by atoms with van der Waals surface area (Å²) in [5, 5.41) is 2.91. The fourth-order valence-electron chi connectivity index (χ4n) is 1.54. The molecule has 1 atom stereocenters. The molecule has 0 fully saturated rings. The van der Waals surface area contributed by atoms with Crippen LogP contribution in [0.3, 0.4) is 0 Å². The fraction of sp³-hybridized carbons (Fsp3) is 0.769. The molecule has 0 radical (unpaired) electrons. The highest BCUT2D eigenvalue weighted by molar-refractivity contribution is 7.99. The molecule has 98 valence electrons. The molecule has 0 aromatic rings. The molecule has 0 bridgehead atoms. The lowest BCUT2D eigenvalue weighted by Gasteiger charge is -2.24. The van der Waals surface area contributed by atoms with Gasteiger partial charge in [-0.2, -0.15) is 0 Å². The van der Waals surface area contributed by atoms with Crippen LogP contribution in [0.15, 0.2) is 0 Å². The lowest BCUT2D eigenvalue weighted by molar-refractivity contribution is -0.125. The van der Waals surface area contributed by atoms with Crippen LogP contribution in [0.1, 0.15) is 27.2 Å². The molecule has 0 spiro atoms. The Balaban J connectivity index is 3.89. The van der Waals surface area contributed by atoms with Crippen molar-refractivity contribution in [2.75, 3.05) is 24.6 Å². The number of nitrogens with two attached hydrogens (primary N) is 1. The molecular weight excluding hydrogens is 232 g/mol. The van der Waals surface area contributed by atoms with Crippen molar-refractivity contribution in [2.24, 2.45) is 17.1 Å². The first-order valence-electron chi connectivity index (χ1n) is 5.89. The monoisotopic (exact) mass is 256 g/mol. The number of terminal acetylenes is 1. The van der Waals surface area contributed by atoms with Gasteiger partial charge in [0.1, 0.15) is 0 Å². The fourth-order valence-corrected chi connectivity index (χ4v) is 2.05. The molecule has 4 heteroatoms. The Kier molecular flexibility index (Phi) is 8.11.